The summed E-state index contributed by atoms with van der Waals surface area (Å²) in [6.07, 6.45) is 2.58. The number of hydrogen-bond acceptors (Lipinski definition) is 3. The molecule has 0 aliphatic heterocycles. The number of rotatable bonds is 4. The highest BCUT2D eigenvalue weighted by molar-refractivity contribution is 9.10. The lowest BCUT2D eigenvalue weighted by Crippen LogP contribution is -2.25. The van der Waals surface area contributed by atoms with E-state index in [1.807, 2.05) is 0 Å². The summed E-state index contributed by atoms with van der Waals surface area (Å²) in [5.74, 6) is -0.0812. The predicted octanol–water partition coefficient (Wildman–Crippen LogP) is 2.45. The number of aromatic nitrogens is 1. The van der Waals surface area contributed by atoms with Gasteiger partial charge in [0.05, 0.1) is 7.11 Å². The van der Waals surface area contributed by atoms with Crippen molar-refractivity contribution < 1.29 is 9.63 Å². The van der Waals surface area contributed by atoms with Crippen LogP contribution in [0.3, 0.4) is 0 Å². The Morgan fingerprint density at radius 1 is 1.69 bits per heavy atom. The molecule has 0 aliphatic carbocycles. The van der Waals surface area contributed by atoms with Gasteiger partial charge in [-0.15, -0.1) is 0 Å². The van der Waals surface area contributed by atoms with Crippen molar-refractivity contribution >= 4 is 33.4 Å². The number of nitrogens with zero attached hydrogens (tertiary/aromatic N) is 2. The fraction of sp³-hybridized carbons (Fsp3) is 0.400. The van der Waals surface area contributed by atoms with Crippen molar-refractivity contribution in [1.82, 2.24) is 10.0 Å². The summed E-state index contributed by atoms with van der Waals surface area (Å²) in [5.41, 5.74) is 0.956. The largest absolute Gasteiger partial charge is 0.275 e. The molecule has 0 radical (unpaired) electrons. The molecule has 1 aromatic rings. The van der Waals surface area contributed by atoms with Crippen molar-refractivity contribution in [3.05, 3.63) is 27.5 Å². The summed E-state index contributed by atoms with van der Waals surface area (Å²) in [6, 6.07) is 1.74. The SMILES string of the molecule is CON(C)C(=O)CCc1cc(Cl)ncc1Br. The molecular formula is C10H12BrClN2O2. The van der Waals surface area contributed by atoms with E-state index >= 15 is 0 Å². The molecule has 0 N–H and O–H groups in total. The number of hydrogen-bond donors (Lipinski definition) is 0. The molecule has 0 fully saturated rings. The summed E-state index contributed by atoms with van der Waals surface area (Å²) < 4.78 is 0.852. The highest BCUT2D eigenvalue weighted by atomic mass is 79.9. The van der Waals surface area contributed by atoms with Crippen molar-refractivity contribution in [2.45, 2.75) is 12.8 Å². The van der Waals surface area contributed by atoms with Gasteiger partial charge in [0.2, 0.25) is 5.91 Å². The third kappa shape index (κ3) is 3.73. The third-order valence-electron chi connectivity index (χ3n) is 2.13. The van der Waals surface area contributed by atoms with Gasteiger partial charge in [0, 0.05) is 24.1 Å². The van der Waals surface area contributed by atoms with E-state index in [0.717, 1.165) is 10.0 Å². The molecule has 0 atom stereocenters. The van der Waals surface area contributed by atoms with Crippen LogP contribution in [-0.2, 0) is 16.1 Å². The monoisotopic (exact) mass is 306 g/mol. The maximum Gasteiger partial charge on any atom is 0.246 e. The highest BCUT2D eigenvalue weighted by Gasteiger charge is 2.09. The summed E-state index contributed by atoms with van der Waals surface area (Å²) in [4.78, 5) is 20.2. The van der Waals surface area contributed by atoms with Crippen LogP contribution in [0.25, 0.3) is 0 Å². The summed E-state index contributed by atoms with van der Waals surface area (Å²) in [5, 5.41) is 1.63. The molecule has 1 aromatic heterocycles. The molecule has 1 heterocycles. The van der Waals surface area contributed by atoms with Gasteiger partial charge in [-0.2, -0.15) is 0 Å². The number of halogens is 2. The van der Waals surface area contributed by atoms with Crippen LogP contribution in [0.15, 0.2) is 16.7 Å². The first kappa shape index (κ1) is 13.4. The maximum absolute atomic E-state index is 11.5. The van der Waals surface area contributed by atoms with Gasteiger partial charge in [0.1, 0.15) is 5.15 Å². The minimum absolute atomic E-state index is 0.0812. The van der Waals surface area contributed by atoms with Crippen molar-refractivity contribution in [1.29, 1.82) is 0 Å². The van der Waals surface area contributed by atoms with Gasteiger partial charge < -0.3 is 0 Å². The van der Waals surface area contributed by atoms with Crippen LogP contribution in [0.2, 0.25) is 5.15 Å². The Labute approximate surface area is 108 Å². The van der Waals surface area contributed by atoms with Crippen LogP contribution in [-0.4, -0.2) is 30.1 Å². The van der Waals surface area contributed by atoms with Gasteiger partial charge >= 0.3 is 0 Å². The Bertz CT molecular complexity index is 387. The molecular weight excluding hydrogens is 295 g/mol. The smallest absolute Gasteiger partial charge is 0.246 e. The van der Waals surface area contributed by atoms with Crippen molar-refractivity contribution in [2.75, 3.05) is 14.2 Å². The molecule has 0 bridgehead atoms. The van der Waals surface area contributed by atoms with Gasteiger partial charge in [0.15, 0.2) is 0 Å². The van der Waals surface area contributed by atoms with Crippen LogP contribution in [0.4, 0.5) is 0 Å². The van der Waals surface area contributed by atoms with Crippen molar-refractivity contribution in [3.63, 3.8) is 0 Å². The van der Waals surface area contributed by atoms with Crippen LogP contribution < -0.4 is 0 Å². The first-order valence-electron chi connectivity index (χ1n) is 4.65. The Morgan fingerprint density at radius 2 is 2.38 bits per heavy atom. The molecule has 4 nitrogen and oxygen atoms in total. The molecule has 1 amide bonds. The molecule has 0 saturated heterocycles. The number of amides is 1. The molecule has 88 valence electrons. The Kier molecular flexibility index (Phi) is 5.18. The summed E-state index contributed by atoms with van der Waals surface area (Å²) in [6.45, 7) is 0. The average Bonchev–Trinajstić information content (AvgIpc) is 2.28. The minimum atomic E-state index is -0.0812. The van der Waals surface area contributed by atoms with Crippen molar-refractivity contribution in [3.8, 4) is 0 Å². The quantitative estimate of drug-likeness (QED) is 0.634. The zero-order valence-corrected chi connectivity index (χ0v) is 11.4. The molecule has 16 heavy (non-hydrogen) atoms. The zero-order chi connectivity index (χ0) is 12.1. The van der Waals surface area contributed by atoms with E-state index in [1.165, 1.54) is 12.2 Å². The van der Waals surface area contributed by atoms with E-state index < -0.39 is 0 Å². The number of hydroxylamine groups is 2. The second-order valence-electron chi connectivity index (χ2n) is 3.17. The van der Waals surface area contributed by atoms with E-state index in [-0.39, 0.29) is 5.91 Å². The number of aryl methyl sites for hydroxylation is 1. The molecule has 0 spiro atoms. The first-order valence-corrected chi connectivity index (χ1v) is 5.82. The number of pyridine rings is 1. The van der Waals surface area contributed by atoms with Crippen LogP contribution in [0, 0.1) is 0 Å². The Hall–Kier alpha value is -0.650. The Balaban J connectivity index is 2.61. The fourth-order valence-corrected chi connectivity index (χ4v) is 1.74. The van der Waals surface area contributed by atoms with E-state index in [9.17, 15) is 4.79 Å². The molecule has 0 saturated carbocycles. The molecule has 0 aliphatic rings. The predicted molar refractivity (Wildman–Crippen MR) is 65.0 cm³/mol. The molecule has 0 unspecified atom stereocenters. The van der Waals surface area contributed by atoms with Gasteiger partial charge in [-0.1, -0.05) is 11.6 Å². The maximum atomic E-state index is 11.5. The molecule has 6 heteroatoms. The van der Waals surface area contributed by atoms with E-state index in [1.54, 1.807) is 19.3 Å². The van der Waals surface area contributed by atoms with Gasteiger partial charge in [-0.25, -0.2) is 10.0 Å². The lowest BCUT2D eigenvalue weighted by Gasteiger charge is -2.13. The lowest BCUT2D eigenvalue weighted by atomic mass is 10.1. The van der Waals surface area contributed by atoms with Gasteiger partial charge in [-0.3, -0.25) is 9.63 Å². The second-order valence-corrected chi connectivity index (χ2v) is 4.41. The number of carbonyl (C=O) groups excluding carboxylic acids is 1. The first-order chi connectivity index (χ1) is 7.54. The normalized spacial score (nSPS) is 10.2. The standard InChI is InChI=1S/C10H12BrClN2O2/c1-14(16-2)10(15)4-3-7-5-9(12)13-6-8(7)11/h5-6H,3-4H2,1-2H3. The van der Waals surface area contributed by atoms with E-state index in [4.69, 9.17) is 16.4 Å². The topological polar surface area (TPSA) is 42.4 Å². The van der Waals surface area contributed by atoms with Crippen LogP contribution in [0.5, 0.6) is 0 Å². The average molecular weight is 308 g/mol. The van der Waals surface area contributed by atoms with Gasteiger partial charge in [0.25, 0.3) is 0 Å². The fourth-order valence-electron chi connectivity index (χ4n) is 1.14. The van der Waals surface area contributed by atoms with Crippen LogP contribution >= 0.6 is 27.5 Å². The van der Waals surface area contributed by atoms with Crippen LogP contribution in [0.1, 0.15) is 12.0 Å². The second kappa shape index (κ2) is 6.18. The highest BCUT2D eigenvalue weighted by Crippen LogP contribution is 2.20. The summed E-state index contributed by atoms with van der Waals surface area (Å²) in [7, 11) is 3.04. The number of carbonyl (C=O) groups is 1. The van der Waals surface area contributed by atoms with E-state index in [2.05, 4.69) is 20.9 Å². The zero-order valence-electron chi connectivity index (χ0n) is 9.04. The van der Waals surface area contributed by atoms with Crippen molar-refractivity contribution in [2.24, 2.45) is 0 Å². The third-order valence-corrected chi connectivity index (χ3v) is 3.06. The molecule has 1 rings (SSSR count). The molecule has 0 aromatic carbocycles. The Morgan fingerprint density at radius 3 is 3.00 bits per heavy atom. The minimum Gasteiger partial charge on any atom is -0.275 e. The summed E-state index contributed by atoms with van der Waals surface area (Å²) >= 11 is 9.13. The lowest BCUT2D eigenvalue weighted by molar-refractivity contribution is -0.168. The van der Waals surface area contributed by atoms with Gasteiger partial charge in [-0.05, 0) is 34.0 Å². The van der Waals surface area contributed by atoms with E-state index in [0.29, 0.717) is 18.0 Å².